The standard InChI is InChI=1S/C15H18N2O4/c18-12(8-11-4-2-1-3-5-11)9-16-13(19)10-17-14(20)6-7-15(17)21/h1-5,12,18H,6-10H2,(H,16,19). The number of hydrogen-bond acceptors (Lipinski definition) is 4. The lowest BCUT2D eigenvalue weighted by atomic mass is 10.1. The maximum absolute atomic E-state index is 11.7. The number of imide groups is 1. The fourth-order valence-electron chi connectivity index (χ4n) is 2.19. The molecule has 0 saturated carbocycles. The highest BCUT2D eigenvalue weighted by atomic mass is 16.3. The molecule has 1 aliphatic rings. The molecule has 1 aliphatic heterocycles. The minimum Gasteiger partial charge on any atom is -0.391 e. The van der Waals surface area contributed by atoms with E-state index in [0.29, 0.717) is 6.42 Å². The molecule has 1 aromatic rings. The van der Waals surface area contributed by atoms with E-state index < -0.39 is 12.0 Å². The number of carbonyl (C=O) groups excluding carboxylic acids is 3. The normalized spacial score (nSPS) is 16.1. The summed E-state index contributed by atoms with van der Waals surface area (Å²) >= 11 is 0. The fraction of sp³-hybridized carbons (Fsp3) is 0.400. The smallest absolute Gasteiger partial charge is 0.240 e. The van der Waals surface area contributed by atoms with Gasteiger partial charge >= 0.3 is 0 Å². The molecule has 112 valence electrons. The Labute approximate surface area is 122 Å². The van der Waals surface area contributed by atoms with E-state index >= 15 is 0 Å². The second-order valence-electron chi connectivity index (χ2n) is 5.02. The molecule has 6 nitrogen and oxygen atoms in total. The molecular formula is C15H18N2O4. The zero-order valence-electron chi connectivity index (χ0n) is 11.6. The number of carbonyl (C=O) groups is 3. The van der Waals surface area contributed by atoms with Crippen molar-refractivity contribution in [2.45, 2.75) is 25.4 Å². The lowest BCUT2D eigenvalue weighted by Gasteiger charge is -2.15. The maximum atomic E-state index is 11.7. The van der Waals surface area contributed by atoms with Crippen LogP contribution in [0.5, 0.6) is 0 Å². The molecule has 2 rings (SSSR count). The largest absolute Gasteiger partial charge is 0.391 e. The van der Waals surface area contributed by atoms with Crippen LogP contribution >= 0.6 is 0 Å². The number of amides is 3. The van der Waals surface area contributed by atoms with Crippen LogP contribution in [-0.2, 0) is 20.8 Å². The van der Waals surface area contributed by atoms with Crippen LogP contribution in [0.1, 0.15) is 18.4 Å². The molecule has 0 spiro atoms. The molecule has 0 bridgehead atoms. The van der Waals surface area contributed by atoms with E-state index in [-0.39, 0.29) is 37.7 Å². The number of benzene rings is 1. The Hall–Kier alpha value is -2.21. The topological polar surface area (TPSA) is 86.7 Å². The predicted octanol–water partition coefficient (Wildman–Crippen LogP) is -0.145. The summed E-state index contributed by atoms with van der Waals surface area (Å²) in [5, 5.41) is 12.4. The van der Waals surface area contributed by atoms with Gasteiger partial charge in [-0.25, -0.2) is 0 Å². The Bertz CT molecular complexity index is 514. The van der Waals surface area contributed by atoms with Crippen molar-refractivity contribution >= 4 is 17.7 Å². The van der Waals surface area contributed by atoms with E-state index in [1.807, 2.05) is 30.3 Å². The summed E-state index contributed by atoms with van der Waals surface area (Å²) in [6.07, 6.45) is 0.0649. The van der Waals surface area contributed by atoms with Gasteiger partial charge in [-0.15, -0.1) is 0 Å². The summed E-state index contributed by atoms with van der Waals surface area (Å²) < 4.78 is 0. The fourth-order valence-corrected chi connectivity index (χ4v) is 2.19. The van der Waals surface area contributed by atoms with Gasteiger partial charge in [0.15, 0.2) is 0 Å². The summed E-state index contributed by atoms with van der Waals surface area (Å²) in [7, 11) is 0. The summed E-state index contributed by atoms with van der Waals surface area (Å²) in [4.78, 5) is 35.4. The summed E-state index contributed by atoms with van der Waals surface area (Å²) in [5.74, 6) is -1.08. The molecule has 1 unspecified atom stereocenters. The number of aliphatic hydroxyl groups excluding tert-OH is 1. The van der Waals surface area contributed by atoms with Crippen molar-refractivity contribution in [1.29, 1.82) is 0 Å². The molecule has 0 aromatic heterocycles. The van der Waals surface area contributed by atoms with Gasteiger partial charge < -0.3 is 10.4 Å². The molecule has 6 heteroatoms. The number of rotatable bonds is 6. The summed E-state index contributed by atoms with van der Waals surface area (Å²) in [6.45, 7) is -0.181. The predicted molar refractivity (Wildman–Crippen MR) is 75.1 cm³/mol. The first kappa shape index (κ1) is 15.2. The Morgan fingerprint density at radius 1 is 1.19 bits per heavy atom. The van der Waals surface area contributed by atoms with Gasteiger partial charge in [0.1, 0.15) is 6.54 Å². The van der Waals surface area contributed by atoms with Crippen LogP contribution in [0.15, 0.2) is 30.3 Å². The van der Waals surface area contributed by atoms with Gasteiger partial charge in [0.25, 0.3) is 0 Å². The average Bonchev–Trinajstić information content (AvgIpc) is 2.78. The van der Waals surface area contributed by atoms with Crippen LogP contribution in [0.25, 0.3) is 0 Å². The summed E-state index contributed by atoms with van der Waals surface area (Å²) in [6, 6.07) is 9.44. The van der Waals surface area contributed by atoms with Crippen molar-refractivity contribution in [3.63, 3.8) is 0 Å². The summed E-state index contributed by atoms with van der Waals surface area (Å²) in [5.41, 5.74) is 0.976. The molecule has 0 aliphatic carbocycles. The third-order valence-electron chi connectivity index (χ3n) is 3.31. The van der Waals surface area contributed by atoms with Crippen LogP contribution < -0.4 is 5.32 Å². The first-order valence-electron chi connectivity index (χ1n) is 6.88. The molecule has 1 heterocycles. The quantitative estimate of drug-likeness (QED) is 0.714. The lowest BCUT2D eigenvalue weighted by Crippen LogP contribution is -2.42. The second-order valence-corrected chi connectivity index (χ2v) is 5.02. The van der Waals surface area contributed by atoms with E-state index in [1.165, 1.54) is 0 Å². The number of nitrogens with zero attached hydrogens (tertiary/aromatic N) is 1. The Morgan fingerprint density at radius 3 is 2.43 bits per heavy atom. The first-order chi connectivity index (χ1) is 10.1. The second kappa shape index (κ2) is 6.99. The van der Waals surface area contributed by atoms with Crippen LogP contribution in [-0.4, -0.2) is 46.9 Å². The maximum Gasteiger partial charge on any atom is 0.240 e. The average molecular weight is 290 g/mol. The first-order valence-corrected chi connectivity index (χ1v) is 6.88. The molecule has 1 aromatic carbocycles. The minimum atomic E-state index is -0.707. The van der Waals surface area contributed by atoms with E-state index in [1.54, 1.807) is 0 Å². The highest BCUT2D eigenvalue weighted by Gasteiger charge is 2.30. The number of nitrogens with one attached hydrogen (secondary N) is 1. The van der Waals surface area contributed by atoms with Gasteiger partial charge in [-0.1, -0.05) is 30.3 Å². The van der Waals surface area contributed by atoms with Crippen LogP contribution in [0.4, 0.5) is 0 Å². The molecule has 1 atom stereocenters. The highest BCUT2D eigenvalue weighted by Crippen LogP contribution is 2.10. The SMILES string of the molecule is O=C(CN1C(=O)CCC1=O)NCC(O)Cc1ccccc1. The van der Waals surface area contributed by atoms with Crippen molar-refractivity contribution in [3.05, 3.63) is 35.9 Å². The van der Waals surface area contributed by atoms with Crippen molar-refractivity contribution in [1.82, 2.24) is 10.2 Å². The van der Waals surface area contributed by atoms with Gasteiger partial charge in [-0.3, -0.25) is 19.3 Å². The molecule has 3 amide bonds. The van der Waals surface area contributed by atoms with E-state index in [0.717, 1.165) is 10.5 Å². The van der Waals surface area contributed by atoms with Crippen LogP contribution in [0.2, 0.25) is 0 Å². The monoisotopic (exact) mass is 290 g/mol. The zero-order valence-corrected chi connectivity index (χ0v) is 11.6. The molecule has 0 radical (unpaired) electrons. The third-order valence-corrected chi connectivity index (χ3v) is 3.31. The number of hydrogen-bond donors (Lipinski definition) is 2. The van der Waals surface area contributed by atoms with E-state index in [9.17, 15) is 19.5 Å². The van der Waals surface area contributed by atoms with Gasteiger partial charge in [-0.05, 0) is 5.56 Å². The molecule has 21 heavy (non-hydrogen) atoms. The van der Waals surface area contributed by atoms with Gasteiger partial charge in [-0.2, -0.15) is 0 Å². The zero-order chi connectivity index (χ0) is 15.2. The van der Waals surface area contributed by atoms with Crippen LogP contribution in [0.3, 0.4) is 0 Å². The minimum absolute atomic E-state index is 0.0873. The Morgan fingerprint density at radius 2 is 1.81 bits per heavy atom. The van der Waals surface area contributed by atoms with Crippen LogP contribution in [0, 0.1) is 0 Å². The molecule has 2 N–H and O–H groups in total. The van der Waals surface area contributed by atoms with Crippen molar-refractivity contribution in [3.8, 4) is 0 Å². The number of likely N-dealkylation sites (tertiary alicyclic amines) is 1. The van der Waals surface area contributed by atoms with E-state index in [2.05, 4.69) is 5.32 Å². The molecule has 1 saturated heterocycles. The Kier molecular flexibility index (Phi) is 5.05. The van der Waals surface area contributed by atoms with Crippen molar-refractivity contribution in [2.24, 2.45) is 0 Å². The molecular weight excluding hydrogens is 272 g/mol. The Balaban J connectivity index is 1.73. The van der Waals surface area contributed by atoms with Crippen molar-refractivity contribution in [2.75, 3.05) is 13.1 Å². The van der Waals surface area contributed by atoms with Gasteiger partial charge in [0.05, 0.1) is 6.10 Å². The van der Waals surface area contributed by atoms with Gasteiger partial charge in [0.2, 0.25) is 17.7 Å². The highest BCUT2D eigenvalue weighted by molar-refractivity contribution is 6.04. The van der Waals surface area contributed by atoms with Gasteiger partial charge in [0, 0.05) is 25.8 Å². The van der Waals surface area contributed by atoms with Crippen molar-refractivity contribution < 1.29 is 19.5 Å². The molecule has 1 fully saturated rings. The lowest BCUT2D eigenvalue weighted by molar-refractivity contribution is -0.142. The van der Waals surface area contributed by atoms with E-state index in [4.69, 9.17) is 0 Å². The third kappa shape index (κ3) is 4.39. The number of aliphatic hydroxyl groups is 1.